The summed E-state index contributed by atoms with van der Waals surface area (Å²) in [5, 5.41) is 15.6. The summed E-state index contributed by atoms with van der Waals surface area (Å²) in [5.41, 5.74) is -0.186. The highest BCUT2D eigenvalue weighted by Crippen LogP contribution is 2.38. The van der Waals surface area contributed by atoms with Crippen molar-refractivity contribution < 1.29 is 19.0 Å². The molecule has 3 heterocycles. The molecule has 3 aliphatic rings. The molecule has 3 aliphatic heterocycles. The van der Waals surface area contributed by atoms with Gasteiger partial charge in [-0.3, -0.25) is 4.90 Å². The van der Waals surface area contributed by atoms with Gasteiger partial charge in [0.1, 0.15) is 11.3 Å². The van der Waals surface area contributed by atoms with Gasteiger partial charge in [-0.25, -0.2) is 14.9 Å². The normalized spacial score (nSPS) is 22.5. The molecule has 0 bridgehead atoms. The van der Waals surface area contributed by atoms with Crippen LogP contribution in [0.2, 0.25) is 0 Å². The summed E-state index contributed by atoms with van der Waals surface area (Å²) in [6, 6.07) is 0. The highest BCUT2D eigenvalue weighted by molar-refractivity contribution is 6.00. The van der Waals surface area contributed by atoms with Crippen LogP contribution in [-0.2, 0) is 14.3 Å². The number of nitrogens with zero attached hydrogens (tertiary/aromatic N) is 2. The number of amides is 1. The van der Waals surface area contributed by atoms with E-state index in [4.69, 9.17) is 9.47 Å². The second-order valence-electron chi connectivity index (χ2n) is 9.77. The molecule has 164 valence electrons. The van der Waals surface area contributed by atoms with Crippen LogP contribution in [-0.4, -0.2) is 66.8 Å². The van der Waals surface area contributed by atoms with Gasteiger partial charge in [0.25, 0.3) is 5.82 Å². The Morgan fingerprint density at radius 1 is 1.14 bits per heavy atom. The summed E-state index contributed by atoms with van der Waals surface area (Å²) in [5.74, 6) is 1.15. The Labute approximate surface area is 174 Å². The second-order valence-corrected chi connectivity index (χ2v) is 9.77. The van der Waals surface area contributed by atoms with Gasteiger partial charge in [0.2, 0.25) is 0 Å². The molecule has 0 aromatic rings. The molecule has 1 amide bonds. The van der Waals surface area contributed by atoms with Crippen LogP contribution >= 0.6 is 0 Å². The maximum absolute atomic E-state index is 12.9. The van der Waals surface area contributed by atoms with E-state index < -0.39 is 5.54 Å². The third-order valence-corrected chi connectivity index (χ3v) is 7.24. The van der Waals surface area contributed by atoms with E-state index in [2.05, 4.69) is 24.1 Å². The van der Waals surface area contributed by atoms with E-state index >= 15 is 0 Å². The average Bonchev–Trinajstić information content (AvgIpc) is 2.71. The Morgan fingerprint density at radius 3 is 2.24 bits per heavy atom. The molecule has 0 aromatic heterocycles. The van der Waals surface area contributed by atoms with Gasteiger partial charge in [0.05, 0.1) is 6.08 Å². The molecular formula is C22H37N3O4. The Balaban J connectivity index is 1.58. The lowest BCUT2D eigenvalue weighted by molar-refractivity contribution is -0.425. The number of hydroxylamine groups is 1. The molecule has 1 N–H and O–H groups in total. The van der Waals surface area contributed by atoms with Gasteiger partial charge in [-0.15, -0.1) is 0 Å². The van der Waals surface area contributed by atoms with Crippen LogP contribution in [0.4, 0.5) is 0 Å². The van der Waals surface area contributed by atoms with Crippen LogP contribution in [0.25, 0.3) is 0 Å². The van der Waals surface area contributed by atoms with Gasteiger partial charge in [-0.2, -0.15) is 0 Å². The summed E-state index contributed by atoms with van der Waals surface area (Å²) in [6.45, 7) is 12.0. The highest BCUT2D eigenvalue weighted by atomic mass is 16.5. The average molecular weight is 408 g/mol. The number of hydrogen-bond donors (Lipinski definition) is 1. The van der Waals surface area contributed by atoms with Crippen molar-refractivity contribution in [3.05, 3.63) is 17.1 Å². The zero-order valence-electron chi connectivity index (χ0n) is 18.6. The molecule has 0 spiro atoms. The molecule has 7 heteroatoms. The molecule has 0 aromatic carbocycles. The largest absolute Gasteiger partial charge is 0.710 e. The smallest absolute Gasteiger partial charge is 0.327 e. The fourth-order valence-corrected chi connectivity index (χ4v) is 4.46. The fraction of sp³-hybridized carbons (Fsp3) is 0.818. The van der Waals surface area contributed by atoms with Gasteiger partial charge < -0.3 is 14.7 Å². The topological polar surface area (TPSA) is 76.9 Å². The summed E-state index contributed by atoms with van der Waals surface area (Å²) >= 11 is 0. The van der Waals surface area contributed by atoms with Crippen molar-refractivity contribution in [2.24, 2.45) is 17.3 Å². The molecule has 0 radical (unpaired) electrons. The van der Waals surface area contributed by atoms with Crippen molar-refractivity contribution in [2.45, 2.75) is 58.9 Å². The Kier molecular flexibility index (Phi) is 6.70. The van der Waals surface area contributed by atoms with Gasteiger partial charge in [0, 0.05) is 38.4 Å². The SMILES string of the molecule is CN(CC1CCOCC1)C(C)(C)C(=O)NC1=CC(C(C)(C)C2CCOCC2)=[N+]1[O-]. The Hall–Kier alpha value is -1.44. The molecular weight excluding hydrogens is 370 g/mol. The van der Waals surface area contributed by atoms with E-state index in [1.807, 2.05) is 27.0 Å². The number of likely N-dealkylation sites (N-methyl/N-ethyl adjacent to an activating group) is 1. The van der Waals surface area contributed by atoms with Crippen molar-refractivity contribution in [1.82, 2.24) is 10.2 Å². The number of hydrogen-bond acceptors (Lipinski definition) is 5. The zero-order valence-corrected chi connectivity index (χ0v) is 18.6. The van der Waals surface area contributed by atoms with Crippen LogP contribution < -0.4 is 5.32 Å². The first kappa shape index (κ1) is 22.2. The van der Waals surface area contributed by atoms with Crippen LogP contribution in [0.5, 0.6) is 0 Å². The van der Waals surface area contributed by atoms with E-state index in [1.54, 1.807) is 0 Å². The Morgan fingerprint density at radius 2 is 1.69 bits per heavy atom. The van der Waals surface area contributed by atoms with E-state index in [-0.39, 0.29) is 11.3 Å². The van der Waals surface area contributed by atoms with Gasteiger partial charge in [-0.05, 0) is 58.4 Å². The lowest BCUT2D eigenvalue weighted by Crippen LogP contribution is -2.56. The first-order valence-electron chi connectivity index (χ1n) is 10.9. The summed E-state index contributed by atoms with van der Waals surface area (Å²) in [6.07, 6.45) is 5.82. The molecule has 0 saturated carbocycles. The minimum absolute atomic E-state index is 0.151. The van der Waals surface area contributed by atoms with Crippen LogP contribution in [0.1, 0.15) is 53.4 Å². The fourth-order valence-electron chi connectivity index (χ4n) is 4.46. The van der Waals surface area contributed by atoms with Crippen molar-refractivity contribution >= 4 is 11.6 Å². The van der Waals surface area contributed by atoms with E-state index in [0.29, 0.717) is 17.7 Å². The highest BCUT2D eigenvalue weighted by Gasteiger charge is 2.44. The van der Waals surface area contributed by atoms with Gasteiger partial charge in [-0.1, -0.05) is 13.8 Å². The second kappa shape index (κ2) is 8.74. The molecule has 3 rings (SSSR count). The first-order chi connectivity index (χ1) is 13.6. The third kappa shape index (κ3) is 4.67. The standard InChI is InChI=1S/C22H37N3O4/c1-21(2,17-8-12-29-13-9-17)18-14-19(25(18)27)23-20(26)22(3,4)24(5)15-16-6-10-28-11-7-16/h14,16-17H,6-13,15H2,1-5H3,(H,23,26). The maximum Gasteiger partial charge on any atom is 0.327 e. The van der Waals surface area contributed by atoms with Gasteiger partial charge in [0.15, 0.2) is 0 Å². The number of nitrogens with one attached hydrogen (secondary N) is 1. The van der Waals surface area contributed by atoms with Crippen molar-refractivity contribution in [1.29, 1.82) is 0 Å². The molecule has 2 saturated heterocycles. The maximum atomic E-state index is 12.9. The molecule has 29 heavy (non-hydrogen) atoms. The molecule has 7 nitrogen and oxygen atoms in total. The molecule has 0 aliphatic carbocycles. The van der Waals surface area contributed by atoms with Crippen molar-refractivity contribution in [3.8, 4) is 0 Å². The summed E-state index contributed by atoms with van der Waals surface area (Å²) in [7, 11) is 1.98. The minimum Gasteiger partial charge on any atom is -0.710 e. The van der Waals surface area contributed by atoms with Crippen molar-refractivity contribution in [2.75, 3.05) is 40.0 Å². The van der Waals surface area contributed by atoms with Crippen LogP contribution in [0, 0.1) is 22.5 Å². The lowest BCUT2D eigenvalue weighted by Gasteiger charge is -2.40. The number of ether oxygens (including phenoxy) is 2. The zero-order chi connectivity index (χ0) is 21.2. The number of allylic oxidation sites excluding steroid dienone is 1. The molecule has 2 fully saturated rings. The van der Waals surface area contributed by atoms with Gasteiger partial charge >= 0.3 is 5.91 Å². The number of rotatable bonds is 7. The lowest BCUT2D eigenvalue weighted by atomic mass is 9.70. The number of carbonyl (C=O) groups is 1. The van der Waals surface area contributed by atoms with Crippen molar-refractivity contribution in [3.63, 3.8) is 0 Å². The van der Waals surface area contributed by atoms with Crippen LogP contribution in [0.15, 0.2) is 11.9 Å². The minimum atomic E-state index is -0.702. The summed E-state index contributed by atoms with van der Waals surface area (Å²) < 4.78 is 11.8. The predicted octanol–water partition coefficient (Wildman–Crippen LogP) is 2.50. The molecule has 0 unspecified atom stereocenters. The number of carbonyl (C=O) groups excluding carboxylic acids is 1. The van der Waals surface area contributed by atoms with E-state index in [9.17, 15) is 10.0 Å². The molecule has 0 atom stereocenters. The Bertz CT molecular complexity index is 672. The third-order valence-electron chi connectivity index (χ3n) is 7.24. The predicted molar refractivity (Wildman–Crippen MR) is 112 cm³/mol. The van der Waals surface area contributed by atoms with Crippen LogP contribution in [0.3, 0.4) is 0 Å². The van der Waals surface area contributed by atoms with E-state index in [1.165, 1.54) is 0 Å². The summed E-state index contributed by atoms with van der Waals surface area (Å²) in [4.78, 5) is 15.0. The monoisotopic (exact) mass is 407 g/mol. The first-order valence-corrected chi connectivity index (χ1v) is 10.9. The quantitative estimate of drug-likeness (QED) is 0.518. The van der Waals surface area contributed by atoms with E-state index in [0.717, 1.165) is 69.1 Å².